The Balaban J connectivity index is 1.37. The maximum absolute atomic E-state index is 12.0. The van der Waals surface area contributed by atoms with Gasteiger partial charge in [-0.1, -0.05) is 102 Å². The van der Waals surface area contributed by atoms with Crippen LogP contribution in [0.4, 0.5) is 0 Å². The van der Waals surface area contributed by atoms with Crippen LogP contribution in [0.25, 0.3) is 0 Å². The second-order valence-corrected chi connectivity index (χ2v) is 8.40. The summed E-state index contributed by atoms with van der Waals surface area (Å²) in [5.74, 6) is 1.08. The summed E-state index contributed by atoms with van der Waals surface area (Å²) in [6, 6.07) is 0. The SMILES string of the molecule is CCCCCCCCCCCCCCCCCc1noc2c1C(=O)CCC2. The van der Waals surface area contributed by atoms with Gasteiger partial charge in [0.1, 0.15) is 5.76 Å². The number of carbonyl (C=O) groups is 1. The number of fused-ring (bicyclic) bond motifs is 1. The molecular formula is C24H41NO2. The molecule has 0 fully saturated rings. The van der Waals surface area contributed by atoms with E-state index >= 15 is 0 Å². The van der Waals surface area contributed by atoms with Gasteiger partial charge in [-0.2, -0.15) is 0 Å². The van der Waals surface area contributed by atoms with Crippen molar-refractivity contribution in [2.45, 2.75) is 129 Å². The zero-order valence-electron chi connectivity index (χ0n) is 17.7. The average Bonchev–Trinajstić information content (AvgIpc) is 3.09. The molecule has 0 unspecified atom stereocenters. The quantitative estimate of drug-likeness (QED) is 0.279. The van der Waals surface area contributed by atoms with Crippen LogP contribution in [0.15, 0.2) is 4.52 Å². The summed E-state index contributed by atoms with van der Waals surface area (Å²) in [5, 5.41) is 4.16. The van der Waals surface area contributed by atoms with Crippen LogP contribution < -0.4 is 0 Å². The van der Waals surface area contributed by atoms with Crippen molar-refractivity contribution in [3.8, 4) is 0 Å². The third kappa shape index (κ3) is 8.62. The van der Waals surface area contributed by atoms with Gasteiger partial charge in [-0.05, 0) is 19.3 Å². The first kappa shape index (κ1) is 22.2. The Bertz CT molecular complexity index is 520. The minimum atomic E-state index is 0.244. The molecule has 1 aromatic heterocycles. The Kier molecular flexibility index (Phi) is 11.5. The van der Waals surface area contributed by atoms with Crippen LogP contribution in [0.5, 0.6) is 0 Å². The molecule has 1 aliphatic carbocycles. The number of aryl methyl sites for hydroxylation is 2. The van der Waals surface area contributed by atoms with E-state index in [1.54, 1.807) is 0 Å². The smallest absolute Gasteiger partial charge is 0.168 e. The molecule has 0 spiro atoms. The van der Waals surface area contributed by atoms with Crippen molar-refractivity contribution in [1.29, 1.82) is 0 Å². The van der Waals surface area contributed by atoms with E-state index in [0.29, 0.717) is 6.42 Å². The normalized spacial score (nSPS) is 13.9. The predicted octanol–water partition coefficient (Wildman–Crippen LogP) is 7.61. The van der Waals surface area contributed by atoms with Crippen molar-refractivity contribution in [1.82, 2.24) is 5.16 Å². The standard InChI is InChI=1S/C24H41NO2/c1-2-3-4-5-6-7-8-9-10-11-12-13-14-15-16-18-21-24-22(26)19-17-20-23(24)27-25-21/h2-20H2,1H3. The molecule has 0 amide bonds. The van der Waals surface area contributed by atoms with Gasteiger partial charge < -0.3 is 4.52 Å². The van der Waals surface area contributed by atoms with Crippen LogP contribution in [-0.2, 0) is 12.8 Å². The fourth-order valence-electron chi connectivity index (χ4n) is 4.22. The van der Waals surface area contributed by atoms with Crippen LogP contribution in [0.3, 0.4) is 0 Å². The van der Waals surface area contributed by atoms with Crippen molar-refractivity contribution in [3.63, 3.8) is 0 Å². The summed E-state index contributed by atoms with van der Waals surface area (Å²) in [6.45, 7) is 2.28. The van der Waals surface area contributed by atoms with Crippen LogP contribution in [0.1, 0.15) is 138 Å². The molecule has 0 saturated heterocycles. The first-order valence-electron chi connectivity index (χ1n) is 11.8. The number of nitrogens with zero attached hydrogens (tertiary/aromatic N) is 1. The lowest BCUT2D eigenvalue weighted by Gasteiger charge is -2.08. The van der Waals surface area contributed by atoms with Gasteiger partial charge in [0.25, 0.3) is 0 Å². The van der Waals surface area contributed by atoms with Gasteiger partial charge in [0, 0.05) is 12.8 Å². The Hall–Kier alpha value is -1.12. The van der Waals surface area contributed by atoms with Gasteiger partial charge in [-0.15, -0.1) is 0 Å². The lowest BCUT2D eigenvalue weighted by atomic mass is 9.93. The highest BCUT2D eigenvalue weighted by atomic mass is 16.5. The largest absolute Gasteiger partial charge is 0.360 e. The summed E-state index contributed by atoms with van der Waals surface area (Å²) < 4.78 is 5.36. The van der Waals surface area contributed by atoms with E-state index < -0.39 is 0 Å². The summed E-state index contributed by atoms with van der Waals surface area (Å²) in [7, 11) is 0. The number of unbranched alkanes of at least 4 members (excludes halogenated alkanes) is 14. The third-order valence-corrected chi connectivity index (χ3v) is 5.94. The zero-order valence-corrected chi connectivity index (χ0v) is 17.7. The highest BCUT2D eigenvalue weighted by molar-refractivity contribution is 5.98. The van der Waals surface area contributed by atoms with Crippen molar-refractivity contribution >= 4 is 5.78 Å². The third-order valence-electron chi connectivity index (χ3n) is 5.94. The highest BCUT2D eigenvalue weighted by Gasteiger charge is 2.25. The second-order valence-electron chi connectivity index (χ2n) is 8.40. The van der Waals surface area contributed by atoms with E-state index in [4.69, 9.17) is 4.52 Å². The molecule has 0 N–H and O–H groups in total. The van der Waals surface area contributed by atoms with E-state index in [1.165, 1.54) is 89.9 Å². The maximum atomic E-state index is 12.0. The molecule has 0 saturated carbocycles. The number of rotatable bonds is 16. The molecule has 154 valence electrons. The van der Waals surface area contributed by atoms with Crippen LogP contribution >= 0.6 is 0 Å². The molecule has 1 aromatic rings. The van der Waals surface area contributed by atoms with Gasteiger partial charge in [0.15, 0.2) is 5.78 Å². The van der Waals surface area contributed by atoms with Crippen molar-refractivity contribution in [2.24, 2.45) is 0 Å². The Morgan fingerprint density at radius 3 is 1.81 bits per heavy atom. The van der Waals surface area contributed by atoms with Crippen molar-refractivity contribution < 1.29 is 9.32 Å². The molecule has 1 heterocycles. The highest BCUT2D eigenvalue weighted by Crippen LogP contribution is 2.25. The summed E-state index contributed by atoms with van der Waals surface area (Å²) in [5.41, 5.74) is 1.75. The lowest BCUT2D eigenvalue weighted by Crippen LogP contribution is -2.10. The number of hydrogen-bond donors (Lipinski definition) is 0. The molecule has 27 heavy (non-hydrogen) atoms. The monoisotopic (exact) mass is 375 g/mol. The van der Waals surface area contributed by atoms with Gasteiger partial charge in [-0.3, -0.25) is 4.79 Å². The van der Waals surface area contributed by atoms with Crippen molar-refractivity contribution in [3.05, 3.63) is 17.0 Å². The summed E-state index contributed by atoms with van der Waals surface area (Å²) in [6.07, 6.45) is 24.0. The van der Waals surface area contributed by atoms with Crippen LogP contribution in [0.2, 0.25) is 0 Å². The van der Waals surface area contributed by atoms with E-state index in [0.717, 1.165) is 42.7 Å². The number of aromatic nitrogens is 1. The van der Waals surface area contributed by atoms with Gasteiger partial charge in [0.05, 0.1) is 11.3 Å². The van der Waals surface area contributed by atoms with Gasteiger partial charge in [0.2, 0.25) is 0 Å². The number of carbonyl (C=O) groups excluding carboxylic acids is 1. The molecule has 1 aliphatic rings. The molecule has 0 radical (unpaired) electrons. The van der Waals surface area contributed by atoms with E-state index in [2.05, 4.69) is 12.1 Å². The second kappa shape index (κ2) is 14.0. The van der Waals surface area contributed by atoms with Crippen molar-refractivity contribution in [2.75, 3.05) is 0 Å². The molecule has 3 heteroatoms. The predicted molar refractivity (Wildman–Crippen MR) is 112 cm³/mol. The minimum absolute atomic E-state index is 0.244. The van der Waals surface area contributed by atoms with Crippen LogP contribution in [0, 0.1) is 0 Å². The number of Topliss-reactive ketones (excluding diaryl/α,β-unsaturated/α-hetero) is 1. The molecular weight excluding hydrogens is 334 g/mol. The molecule has 2 rings (SSSR count). The lowest BCUT2D eigenvalue weighted by molar-refractivity contribution is 0.0968. The average molecular weight is 376 g/mol. The fourth-order valence-corrected chi connectivity index (χ4v) is 4.22. The van der Waals surface area contributed by atoms with Gasteiger partial charge in [-0.25, -0.2) is 0 Å². The molecule has 3 nitrogen and oxygen atoms in total. The first-order valence-corrected chi connectivity index (χ1v) is 11.8. The first-order chi connectivity index (χ1) is 13.3. The Labute approximate surface area is 166 Å². The Morgan fingerprint density at radius 2 is 1.26 bits per heavy atom. The van der Waals surface area contributed by atoms with E-state index in [1.807, 2.05) is 0 Å². The topological polar surface area (TPSA) is 43.1 Å². The molecule has 0 aliphatic heterocycles. The fraction of sp³-hybridized carbons (Fsp3) is 0.833. The molecule has 0 bridgehead atoms. The molecule has 0 atom stereocenters. The van der Waals surface area contributed by atoms with Crippen LogP contribution in [-0.4, -0.2) is 10.9 Å². The van der Waals surface area contributed by atoms with Gasteiger partial charge >= 0.3 is 0 Å². The number of hydrogen-bond acceptors (Lipinski definition) is 3. The van der Waals surface area contributed by atoms with E-state index in [-0.39, 0.29) is 5.78 Å². The number of ketones is 1. The summed E-state index contributed by atoms with van der Waals surface area (Å²) in [4.78, 5) is 12.0. The zero-order chi connectivity index (χ0) is 19.2. The maximum Gasteiger partial charge on any atom is 0.168 e. The summed E-state index contributed by atoms with van der Waals surface area (Å²) >= 11 is 0. The molecule has 0 aromatic carbocycles. The minimum Gasteiger partial charge on any atom is -0.360 e. The Morgan fingerprint density at radius 1 is 0.741 bits per heavy atom. The van der Waals surface area contributed by atoms with E-state index in [9.17, 15) is 4.79 Å².